The van der Waals surface area contributed by atoms with Crippen LogP contribution in [0, 0.1) is 0 Å². The number of ether oxygens (including phenoxy) is 2. The van der Waals surface area contributed by atoms with Crippen LogP contribution in [-0.4, -0.2) is 24.0 Å². The van der Waals surface area contributed by atoms with Gasteiger partial charge in [-0.25, -0.2) is 0 Å². The van der Waals surface area contributed by atoms with E-state index in [1.807, 2.05) is 54.2 Å². The van der Waals surface area contributed by atoms with Crippen molar-refractivity contribution in [3.63, 3.8) is 0 Å². The first-order valence-electron chi connectivity index (χ1n) is 7.71. The molecule has 124 valence electrons. The lowest BCUT2D eigenvalue weighted by atomic mass is 10.1. The zero-order chi connectivity index (χ0) is 17.1. The number of aromatic nitrogens is 2. The number of nitrogens with zero attached hydrogens (tertiary/aromatic N) is 2. The van der Waals surface area contributed by atoms with Gasteiger partial charge in [-0.1, -0.05) is 24.3 Å². The van der Waals surface area contributed by atoms with Crippen molar-refractivity contribution in [2.45, 2.75) is 6.54 Å². The van der Waals surface area contributed by atoms with Crippen molar-refractivity contribution in [3.8, 4) is 34.0 Å². The summed E-state index contributed by atoms with van der Waals surface area (Å²) in [5, 5.41) is 4.63. The van der Waals surface area contributed by atoms with Gasteiger partial charge in [0, 0.05) is 30.8 Å². The molecule has 0 aliphatic carbocycles. The van der Waals surface area contributed by atoms with Gasteiger partial charge in [-0.2, -0.15) is 5.10 Å². The van der Waals surface area contributed by atoms with Crippen LogP contribution >= 0.6 is 0 Å². The molecule has 0 unspecified atom stereocenters. The molecule has 3 rings (SSSR count). The molecular weight excluding hydrogens is 302 g/mol. The maximum atomic E-state index is 5.65. The fourth-order valence-electron chi connectivity index (χ4n) is 2.65. The zero-order valence-corrected chi connectivity index (χ0v) is 14.1. The van der Waals surface area contributed by atoms with E-state index in [2.05, 4.69) is 11.2 Å². The van der Waals surface area contributed by atoms with Gasteiger partial charge in [0.25, 0.3) is 0 Å². The Balaban J connectivity index is 2.02. The summed E-state index contributed by atoms with van der Waals surface area (Å²) in [6.45, 7) is 0.539. The molecule has 0 saturated carbocycles. The van der Waals surface area contributed by atoms with E-state index in [0.717, 1.165) is 39.6 Å². The zero-order valence-electron chi connectivity index (χ0n) is 14.1. The lowest BCUT2D eigenvalue weighted by molar-refractivity contribution is 0.394. The first-order valence-corrected chi connectivity index (χ1v) is 7.71. The highest BCUT2D eigenvalue weighted by Gasteiger charge is 2.12. The van der Waals surface area contributed by atoms with Gasteiger partial charge in [0.2, 0.25) is 0 Å². The molecule has 5 nitrogen and oxygen atoms in total. The molecule has 5 heteroatoms. The smallest absolute Gasteiger partial charge is 0.123 e. The van der Waals surface area contributed by atoms with Crippen LogP contribution in [0.5, 0.6) is 11.5 Å². The van der Waals surface area contributed by atoms with Crippen LogP contribution in [0.15, 0.2) is 48.5 Å². The van der Waals surface area contributed by atoms with Crippen molar-refractivity contribution in [1.29, 1.82) is 0 Å². The molecule has 0 saturated heterocycles. The van der Waals surface area contributed by atoms with Crippen LogP contribution in [0.25, 0.3) is 22.5 Å². The van der Waals surface area contributed by atoms with Crippen molar-refractivity contribution in [1.82, 2.24) is 9.78 Å². The van der Waals surface area contributed by atoms with Gasteiger partial charge in [0.15, 0.2) is 0 Å². The molecule has 24 heavy (non-hydrogen) atoms. The maximum Gasteiger partial charge on any atom is 0.123 e. The summed E-state index contributed by atoms with van der Waals surface area (Å²) in [4.78, 5) is 0. The number of hydrogen-bond acceptors (Lipinski definition) is 4. The molecule has 0 bridgehead atoms. The second-order valence-electron chi connectivity index (χ2n) is 5.54. The minimum Gasteiger partial charge on any atom is -0.497 e. The Morgan fingerprint density at radius 3 is 2.08 bits per heavy atom. The molecular formula is C19H21N3O2. The summed E-state index contributed by atoms with van der Waals surface area (Å²) in [5.41, 5.74) is 10.7. The number of nitrogens with two attached hydrogens (primary N) is 1. The molecule has 0 amide bonds. The van der Waals surface area contributed by atoms with Gasteiger partial charge < -0.3 is 15.2 Å². The second-order valence-corrected chi connectivity index (χ2v) is 5.54. The number of rotatable bonds is 5. The van der Waals surface area contributed by atoms with Crippen LogP contribution < -0.4 is 15.2 Å². The van der Waals surface area contributed by atoms with E-state index in [1.165, 1.54) is 0 Å². The number of aryl methyl sites for hydroxylation is 1. The van der Waals surface area contributed by atoms with Gasteiger partial charge in [0.1, 0.15) is 11.5 Å². The third-order valence-electron chi connectivity index (χ3n) is 4.01. The summed E-state index contributed by atoms with van der Waals surface area (Å²) in [6.07, 6.45) is 0. The minimum atomic E-state index is 0.539. The van der Waals surface area contributed by atoms with Gasteiger partial charge in [-0.15, -0.1) is 0 Å². The van der Waals surface area contributed by atoms with E-state index in [0.29, 0.717) is 6.54 Å². The number of methoxy groups -OCH3 is 2. The molecule has 0 aliphatic rings. The van der Waals surface area contributed by atoms with Crippen molar-refractivity contribution in [2.75, 3.05) is 14.2 Å². The highest BCUT2D eigenvalue weighted by Crippen LogP contribution is 2.31. The molecule has 2 aromatic carbocycles. The lowest BCUT2D eigenvalue weighted by Crippen LogP contribution is -1.96. The molecule has 3 aromatic rings. The number of hydrogen-bond donors (Lipinski definition) is 1. The third kappa shape index (κ3) is 3.12. The van der Waals surface area contributed by atoms with Gasteiger partial charge in [-0.3, -0.25) is 4.68 Å². The molecule has 0 radical (unpaired) electrons. The van der Waals surface area contributed by atoms with Crippen molar-refractivity contribution >= 4 is 0 Å². The largest absolute Gasteiger partial charge is 0.497 e. The van der Waals surface area contributed by atoms with Crippen molar-refractivity contribution in [3.05, 3.63) is 54.1 Å². The van der Waals surface area contributed by atoms with E-state index in [4.69, 9.17) is 15.2 Å². The summed E-state index contributed by atoms with van der Waals surface area (Å²) in [7, 11) is 5.22. The Kier molecular flexibility index (Phi) is 4.53. The Morgan fingerprint density at radius 2 is 1.54 bits per heavy atom. The van der Waals surface area contributed by atoms with E-state index < -0.39 is 0 Å². The normalized spacial score (nSPS) is 10.7. The van der Waals surface area contributed by atoms with E-state index in [9.17, 15) is 0 Å². The molecule has 1 heterocycles. The molecule has 0 aliphatic heterocycles. The van der Waals surface area contributed by atoms with Crippen molar-refractivity contribution < 1.29 is 9.47 Å². The van der Waals surface area contributed by atoms with Crippen LogP contribution in [0.1, 0.15) is 5.56 Å². The highest BCUT2D eigenvalue weighted by molar-refractivity contribution is 5.70. The van der Waals surface area contributed by atoms with Crippen LogP contribution in [0.4, 0.5) is 0 Å². The minimum absolute atomic E-state index is 0.539. The van der Waals surface area contributed by atoms with E-state index in [-0.39, 0.29) is 0 Å². The predicted octanol–water partition coefficient (Wildman–Crippen LogP) is 3.23. The van der Waals surface area contributed by atoms with Gasteiger partial charge >= 0.3 is 0 Å². The summed E-state index contributed by atoms with van der Waals surface area (Å²) in [5.74, 6) is 1.50. The molecule has 0 fully saturated rings. The van der Waals surface area contributed by atoms with Gasteiger partial charge in [-0.05, 0) is 23.8 Å². The first-order chi connectivity index (χ1) is 11.6. The SMILES string of the molecule is COc1cc(OC)cc(-c2cc(-c3ccc(CN)cc3)nn2C)c1. The summed E-state index contributed by atoms with van der Waals surface area (Å²) < 4.78 is 12.6. The Labute approximate surface area is 141 Å². The monoisotopic (exact) mass is 323 g/mol. The lowest BCUT2D eigenvalue weighted by Gasteiger charge is -2.08. The second kappa shape index (κ2) is 6.76. The average Bonchev–Trinajstić information content (AvgIpc) is 3.03. The molecule has 0 atom stereocenters. The van der Waals surface area contributed by atoms with E-state index >= 15 is 0 Å². The standard InChI is InChI=1S/C19H21N3O2/c1-22-19(15-8-16(23-2)10-17(9-15)24-3)11-18(21-22)14-6-4-13(12-20)5-7-14/h4-11H,12,20H2,1-3H3. The van der Waals surface area contributed by atoms with E-state index in [1.54, 1.807) is 14.2 Å². The van der Waals surface area contributed by atoms with Crippen molar-refractivity contribution in [2.24, 2.45) is 12.8 Å². The Morgan fingerprint density at radius 1 is 0.917 bits per heavy atom. The third-order valence-corrected chi connectivity index (χ3v) is 4.01. The topological polar surface area (TPSA) is 62.3 Å². The molecule has 2 N–H and O–H groups in total. The fourth-order valence-corrected chi connectivity index (χ4v) is 2.65. The predicted molar refractivity (Wildman–Crippen MR) is 95.1 cm³/mol. The first kappa shape index (κ1) is 16.1. The Hall–Kier alpha value is -2.79. The Bertz CT molecular complexity index is 816. The number of benzene rings is 2. The highest BCUT2D eigenvalue weighted by atomic mass is 16.5. The van der Waals surface area contributed by atoms with Crippen LogP contribution in [-0.2, 0) is 13.6 Å². The molecule has 0 spiro atoms. The molecule has 1 aromatic heterocycles. The van der Waals surface area contributed by atoms with Crippen LogP contribution in [0.3, 0.4) is 0 Å². The van der Waals surface area contributed by atoms with Crippen LogP contribution in [0.2, 0.25) is 0 Å². The fraction of sp³-hybridized carbons (Fsp3) is 0.211. The van der Waals surface area contributed by atoms with Gasteiger partial charge in [0.05, 0.1) is 25.6 Å². The summed E-state index contributed by atoms with van der Waals surface area (Å²) >= 11 is 0. The summed E-state index contributed by atoms with van der Waals surface area (Å²) in [6, 6.07) is 16.0. The maximum absolute atomic E-state index is 5.65. The quantitative estimate of drug-likeness (QED) is 0.783. The average molecular weight is 323 g/mol.